The Kier molecular flexibility index (Phi) is 5.88. The molecule has 0 fully saturated rings. The highest BCUT2D eigenvalue weighted by Gasteiger charge is 2.19. The molecule has 0 atom stereocenters. The van der Waals surface area contributed by atoms with Crippen molar-refractivity contribution in [3.05, 3.63) is 70.0 Å². The largest absolute Gasteiger partial charge is 0.322 e. The van der Waals surface area contributed by atoms with Gasteiger partial charge in [0.05, 0.1) is 11.4 Å². The molecule has 2 amide bonds. The van der Waals surface area contributed by atoms with Gasteiger partial charge >= 0.3 is 0 Å². The van der Waals surface area contributed by atoms with Crippen molar-refractivity contribution in [1.82, 2.24) is 15.0 Å². The average molecular weight is 420 g/mol. The van der Waals surface area contributed by atoms with Crippen LogP contribution in [0.3, 0.4) is 0 Å². The van der Waals surface area contributed by atoms with Crippen LogP contribution in [0.4, 0.5) is 20.2 Å². The number of nitrogens with one attached hydrogen (secondary N) is 2. The maximum atomic E-state index is 13.7. The maximum absolute atomic E-state index is 13.7. The van der Waals surface area contributed by atoms with Crippen molar-refractivity contribution in [3.63, 3.8) is 0 Å². The highest BCUT2D eigenvalue weighted by molar-refractivity contribution is 6.31. The topological polar surface area (TPSA) is 88.9 Å². The van der Waals surface area contributed by atoms with E-state index < -0.39 is 23.4 Å². The predicted molar refractivity (Wildman–Crippen MR) is 104 cm³/mol. The van der Waals surface area contributed by atoms with E-state index in [0.717, 1.165) is 12.1 Å². The molecule has 0 saturated carbocycles. The molecule has 7 nitrogen and oxygen atoms in total. The summed E-state index contributed by atoms with van der Waals surface area (Å²) in [6.45, 7) is 3.03. The molecule has 0 spiro atoms. The molecule has 0 radical (unpaired) electrons. The average Bonchev–Trinajstić information content (AvgIpc) is 3.02. The second kappa shape index (κ2) is 8.36. The quantitative estimate of drug-likeness (QED) is 0.659. The zero-order valence-electron chi connectivity index (χ0n) is 15.5. The van der Waals surface area contributed by atoms with Gasteiger partial charge in [0.2, 0.25) is 5.91 Å². The van der Waals surface area contributed by atoms with Crippen LogP contribution in [0.5, 0.6) is 0 Å². The van der Waals surface area contributed by atoms with Crippen LogP contribution >= 0.6 is 11.6 Å². The summed E-state index contributed by atoms with van der Waals surface area (Å²) in [6, 6.07) is 7.91. The number of carbonyl (C=O) groups is 2. The summed E-state index contributed by atoms with van der Waals surface area (Å²) in [5.41, 5.74) is 1.44. The van der Waals surface area contributed by atoms with Crippen molar-refractivity contribution >= 4 is 34.8 Å². The molecule has 1 aromatic heterocycles. The molecule has 0 aliphatic carbocycles. The van der Waals surface area contributed by atoms with Gasteiger partial charge in [-0.05, 0) is 43.7 Å². The van der Waals surface area contributed by atoms with Crippen molar-refractivity contribution < 1.29 is 18.4 Å². The summed E-state index contributed by atoms with van der Waals surface area (Å²) in [7, 11) is 0. The third kappa shape index (κ3) is 4.57. The van der Waals surface area contributed by atoms with E-state index in [-0.39, 0.29) is 17.9 Å². The SMILES string of the molecule is Cc1c(Cl)cccc1NC(=O)c1nnn(CC(=O)Nc2ccc(F)cc2F)c1C. The van der Waals surface area contributed by atoms with Gasteiger partial charge in [-0.3, -0.25) is 9.59 Å². The summed E-state index contributed by atoms with van der Waals surface area (Å²) < 4.78 is 27.8. The van der Waals surface area contributed by atoms with Gasteiger partial charge in [0, 0.05) is 16.8 Å². The Hall–Kier alpha value is -3.33. The summed E-state index contributed by atoms with van der Waals surface area (Å²) in [5.74, 6) is -2.77. The number of amides is 2. The van der Waals surface area contributed by atoms with Gasteiger partial charge in [-0.1, -0.05) is 22.9 Å². The van der Waals surface area contributed by atoms with Crippen LogP contribution in [-0.2, 0) is 11.3 Å². The molecule has 0 unspecified atom stereocenters. The lowest BCUT2D eigenvalue weighted by Gasteiger charge is -2.09. The number of halogens is 3. The predicted octanol–water partition coefficient (Wildman–Crippen LogP) is 3.72. The number of nitrogens with zero attached hydrogens (tertiary/aromatic N) is 3. The van der Waals surface area contributed by atoms with Gasteiger partial charge in [-0.15, -0.1) is 5.10 Å². The van der Waals surface area contributed by atoms with Crippen molar-refractivity contribution in [3.8, 4) is 0 Å². The summed E-state index contributed by atoms with van der Waals surface area (Å²) in [4.78, 5) is 24.7. The Morgan fingerprint density at radius 2 is 1.86 bits per heavy atom. The van der Waals surface area contributed by atoms with Crippen LogP contribution < -0.4 is 10.6 Å². The summed E-state index contributed by atoms with van der Waals surface area (Å²) in [6.07, 6.45) is 0. The smallest absolute Gasteiger partial charge is 0.278 e. The first kappa shape index (κ1) is 20.4. The zero-order valence-corrected chi connectivity index (χ0v) is 16.2. The Labute approximate surface area is 169 Å². The van der Waals surface area contributed by atoms with Crippen LogP contribution in [0.2, 0.25) is 5.02 Å². The van der Waals surface area contributed by atoms with Crippen LogP contribution in [0, 0.1) is 25.5 Å². The molecule has 0 saturated heterocycles. The number of hydrogen-bond acceptors (Lipinski definition) is 4. The standard InChI is InChI=1S/C19H16ClF2N5O2/c1-10-13(20)4-3-5-15(10)24-19(29)18-11(2)27(26-25-18)9-17(28)23-16-7-6-12(21)8-14(16)22/h3-8H,9H2,1-2H3,(H,23,28)(H,24,29). The molecule has 2 N–H and O–H groups in total. The zero-order chi connectivity index (χ0) is 21.1. The Balaban J connectivity index is 1.70. The number of aromatic nitrogens is 3. The Morgan fingerprint density at radius 3 is 2.59 bits per heavy atom. The van der Waals surface area contributed by atoms with Crippen molar-refractivity contribution in [2.24, 2.45) is 0 Å². The molecular formula is C19H16ClF2N5O2. The number of benzene rings is 2. The molecule has 0 aliphatic rings. The Bertz CT molecular complexity index is 1100. The van der Waals surface area contributed by atoms with Crippen molar-refractivity contribution in [1.29, 1.82) is 0 Å². The second-order valence-electron chi connectivity index (χ2n) is 6.22. The third-order valence-electron chi connectivity index (χ3n) is 4.21. The van der Waals surface area contributed by atoms with E-state index in [1.807, 2.05) is 0 Å². The normalized spacial score (nSPS) is 10.7. The first-order valence-corrected chi connectivity index (χ1v) is 8.85. The molecule has 150 valence electrons. The van der Waals surface area contributed by atoms with Gasteiger partial charge < -0.3 is 10.6 Å². The molecule has 2 aromatic carbocycles. The minimum absolute atomic E-state index is 0.0325. The molecule has 10 heteroatoms. The Morgan fingerprint density at radius 1 is 1.10 bits per heavy atom. The van der Waals surface area contributed by atoms with E-state index in [1.165, 1.54) is 4.68 Å². The first-order chi connectivity index (χ1) is 13.8. The van der Waals surface area contributed by atoms with E-state index in [0.29, 0.717) is 28.0 Å². The molecule has 0 aliphatic heterocycles. The number of carbonyl (C=O) groups excluding carboxylic acids is 2. The lowest BCUT2D eigenvalue weighted by molar-refractivity contribution is -0.117. The summed E-state index contributed by atoms with van der Waals surface area (Å²) >= 11 is 6.05. The van der Waals surface area contributed by atoms with E-state index in [9.17, 15) is 18.4 Å². The number of hydrogen-bond donors (Lipinski definition) is 2. The van der Waals surface area contributed by atoms with E-state index in [1.54, 1.807) is 32.0 Å². The minimum atomic E-state index is -0.898. The van der Waals surface area contributed by atoms with Gasteiger partial charge in [0.25, 0.3) is 5.91 Å². The highest BCUT2D eigenvalue weighted by Crippen LogP contribution is 2.23. The van der Waals surface area contributed by atoms with Gasteiger partial charge in [-0.2, -0.15) is 0 Å². The molecule has 0 bridgehead atoms. The fraction of sp³-hybridized carbons (Fsp3) is 0.158. The minimum Gasteiger partial charge on any atom is -0.322 e. The van der Waals surface area contributed by atoms with Crippen LogP contribution in [0.25, 0.3) is 0 Å². The lowest BCUT2D eigenvalue weighted by Crippen LogP contribution is -2.21. The third-order valence-corrected chi connectivity index (χ3v) is 4.62. The highest BCUT2D eigenvalue weighted by atomic mass is 35.5. The van der Waals surface area contributed by atoms with Crippen LogP contribution in [-0.4, -0.2) is 26.8 Å². The van der Waals surface area contributed by atoms with Crippen LogP contribution in [0.15, 0.2) is 36.4 Å². The number of rotatable bonds is 5. The second-order valence-corrected chi connectivity index (χ2v) is 6.63. The molecule has 1 heterocycles. The van der Waals surface area contributed by atoms with Crippen molar-refractivity contribution in [2.75, 3.05) is 10.6 Å². The molecule has 3 aromatic rings. The maximum Gasteiger partial charge on any atom is 0.278 e. The first-order valence-electron chi connectivity index (χ1n) is 8.47. The number of anilines is 2. The van der Waals surface area contributed by atoms with E-state index >= 15 is 0 Å². The fourth-order valence-corrected chi connectivity index (χ4v) is 2.74. The fourth-order valence-electron chi connectivity index (χ4n) is 2.56. The molecule has 3 rings (SSSR count). The summed E-state index contributed by atoms with van der Waals surface area (Å²) in [5, 5.41) is 13.1. The van der Waals surface area contributed by atoms with Gasteiger partial charge in [-0.25, -0.2) is 13.5 Å². The monoisotopic (exact) mass is 419 g/mol. The van der Waals surface area contributed by atoms with E-state index in [2.05, 4.69) is 20.9 Å². The lowest BCUT2D eigenvalue weighted by atomic mass is 10.2. The van der Waals surface area contributed by atoms with Crippen LogP contribution in [0.1, 0.15) is 21.7 Å². The van der Waals surface area contributed by atoms with E-state index in [4.69, 9.17) is 11.6 Å². The van der Waals surface area contributed by atoms with Crippen molar-refractivity contribution in [2.45, 2.75) is 20.4 Å². The van der Waals surface area contributed by atoms with Gasteiger partial charge in [0.15, 0.2) is 5.69 Å². The molecular weight excluding hydrogens is 404 g/mol. The molecule has 29 heavy (non-hydrogen) atoms. The van der Waals surface area contributed by atoms with Gasteiger partial charge in [0.1, 0.15) is 18.2 Å².